The van der Waals surface area contributed by atoms with Gasteiger partial charge in [0, 0.05) is 26.3 Å². The summed E-state index contributed by atoms with van der Waals surface area (Å²) in [6.07, 6.45) is 4.52. The number of nitrogens with zero attached hydrogens (tertiary/aromatic N) is 3. The van der Waals surface area contributed by atoms with Crippen molar-refractivity contribution >= 4 is 27.7 Å². The van der Waals surface area contributed by atoms with Crippen molar-refractivity contribution in [1.29, 1.82) is 0 Å². The minimum absolute atomic E-state index is 0.698. The average molecular weight is 285 g/mol. The van der Waals surface area contributed by atoms with E-state index in [0.29, 0.717) is 5.95 Å². The van der Waals surface area contributed by atoms with Gasteiger partial charge in [0.15, 0.2) is 0 Å². The average Bonchev–Trinajstić information content (AvgIpc) is 3.05. The summed E-state index contributed by atoms with van der Waals surface area (Å²) in [5.41, 5.74) is 0. The molecule has 0 aromatic carbocycles. The molecule has 0 bridgehead atoms. The van der Waals surface area contributed by atoms with E-state index in [1.54, 1.807) is 0 Å². The molecule has 2 rings (SSSR count). The van der Waals surface area contributed by atoms with Crippen LogP contribution in [-0.2, 0) is 0 Å². The van der Waals surface area contributed by atoms with Crippen LogP contribution in [0.3, 0.4) is 0 Å². The van der Waals surface area contributed by atoms with E-state index in [1.807, 2.05) is 13.1 Å². The Labute approximate surface area is 105 Å². The lowest BCUT2D eigenvalue weighted by Gasteiger charge is -2.19. The first-order chi connectivity index (χ1) is 7.70. The van der Waals surface area contributed by atoms with E-state index in [-0.39, 0.29) is 0 Å². The molecule has 1 aromatic rings. The molecule has 0 atom stereocenters. The number of hydrogen-bond acceptors (Lipinski definition) is 4. The highest BCUT2D eigenvalue weighted by Crippen LogP contribution is 2.32. The molecule has 1 aliphatic rings. The summed E-state index contributed by atoms with van der Waals surface area (Å²) in [4.78, 5) is 10.9. The van der Waals surface area contributed by atoms with Crippen molar-refractivity contribution in [1.82, 2.24) is 9.97 Å². The summed E-state index contributed by atoms with van der Waals surface area (Å²) in [5, 5.41) is 3.13. The van der Waals surface area contributed by atoms with Crippen LogP contribution in [0.4, 0.5) is 11.8 Å². The molecule has 4 nitrogen and oxygen atoms in total. The second-order valence-electron chi connectivity index (χ2n) is 4.22. The predicted molar refractivity (Wildman–Crippen MR) is 69.9 cm³/mol. The van der Waals surface area contributed by atoms with Crippen LogP contribution in [0.15, 0.2) is 10.7 Å². The van der Waals surface area contributed by atoms with E-state index in [1.165, 1.54) is 12.8 Å². The van der Waals surface area contributed by atoms with Gasteiger partial charge in [0.25, 0.3) is 0 Å². The molecule has 0 radical (unpaired) electrons. The number of nitrogens with one attached hydrogen (secondary N) is 1. The van der Waals surface area contributed by atoms with Crippen LogP contribution in [0.2, 0.25) is 0 Å². The molecule has 88 valence electrons. The summed E-state index contributed by atoms with van der Waals surface area (Å²) in [5.74, 6) is 2.52. The predicted octanol–water partition coefficient (Wildman–Crippen LogP) is 2.52. The van der Waals surface area contributed by atoms with Crippen LogP contribution in [0.5, 0.6) is 0 Å². The third kappa shape index (κ3) is 2.84. The van der Waals surface area contributed by atoms with Crippen molar-refractivity contribution in [2.24, 2.45) is 5.92 Å². The molecule has 0 aliphatic heterocycles. The van der Waals surface area contributed by atoms with Crippen molar-refractivity contribution < 1.29 is 0 Å². The van der Waals surface area contributed by atoms with Gasteiger partial charge in [-0.1, -0.05) is 0 Å². The van der Waals surface area contributed by atoms with E-state index in [0.717, 1.165) is 29.3 Å². The summed E-state index contributed by atoms with van der Waals surface area (Å²) in [6.45, 7) is 3.97. The lowest BCUT2D eigenvalue weighted by atomic mass is 10.4. The zero-order valence-corrected chi connectivity index (χ0v) is 11.3. The van der Waals surface area contributed by atoms with Crippen LogP contribution in [0.1, 0.15) is 19.8 Å². The van der Waals surface area contributed by atoms with Gasteiger partial charge in [-0.05, 0) is 41.6 Å². The Morgan fingerprint density at radius 1 is 1.56 bits per heavy atom. The minimum Gasteiger partial charge on any atom is -0.358 e. The minimum atomic E-state index is 0.698. The van der Waals surface area contributed by atoms with Gasteiger partial charge in [0.1, 0.15) is 5.82 Å². The second-order valence-corrected chi connectivity index (χ2v) is 5.07. The summed E-state index contributed by atoms with van der Waals surface area (Å²) < 4.78 is 0.956. The molecule has 0 spiro atoms. The first-order valence-corrected chi connectivity index (χ1v) is 6.47. The zero-order chi connectivity index (χ0) is 11.5. The van der Waals surface area contributed by atoms with E-state index >= 15 is 0 Å². The van der Waals surface area contributed by atoms with Crippen molar-refractivity contribution in [3.8, 4) is 0 Å². The maximum Gasteiger partial charge on any atom is 0.224 e. The standard InChI is InChI=1S/C11H17BrN4/c1-3-13-11-14-6-9(12)10(15-11)16(2)7-8-4-5-8/h6,8H,3-5,7H2,1-2H3,(H,13,14,15). The summed E-state index contributed by atoms with van der Waals surface area (Å²) >= 11 is 3.50. The monoisotopic (exact) mass is 284 g/mol. The quantitative estimate of drug-likeness (QED) is 0.902. The first-order valence-electron chi connectivity index (χ1n) is 5.68. The lowest BCUT2D eigenvalue weighted by Crippen LogP contribution is -2.22. The lowest BCUT2D eigenvalue weighted by molar-refractivity contribution is 0.774. The van der Waals surface area contributed by atoms with Crippen molar-refractivity contribution in [2.75, 3.05) is 30.4 Å². The molecule has 0 saturated heterocycles. The van der Waals surface area contributed by atoms with Crippen LogP contribution >= 0.6 is 15.9 Å². The fourth-order valence-electron chi connectivity index (χ4n) is 1.64. The van der Waals surface area contributed by atoms with Gasteiger partial charge in [0.05, 0.1) is 4.47 Å². The second kappa shape index (κ2) is 4.99. The van der Waals surface area contributed by atoms with Gasteiger partial charge < -0.3 is 10.2 Å². The fraction of sp³-hybridized carbons (Fsp3) is 0.636. The Bertz CT molecular complexity index is 365. The van der Waals surface area contributed by atoms with E-state index in [9.17, 15) is 0 Å². The van der Waals surface area contributed by atoms with Crippen molar-refractivity contribution in [3.63, 3.8) is 0 Å². The van der Waals surface area contributed by atoms with Gasteiger partial charge in [-0.25, -0.2) is 4.98 Å². The van der Waals surface area contributed by atoms with E-state index in [4.69, 9.17) is 0 Å². The number of aromatic nitrogens is 2. The third-order valence-electron chi connectivity index (χ3n) is 2.65. The molecular weight excluding hydrogens is 268 g/mol. The highest BCUT2D eigenvalue weighted by molar-refractivity contribution is 9.10. The molecule has 1 N–H and O–H groups in total. The SMILES string of the molecule is CCNc1ncc(Br)c(N(C)CC2CC2)n1. The summed E-state index contributed by atoms with van der Waals surface area (Å²) in [7, 11) is 2.08. The maximum atomic E-state index is 4.50. The van der Waals surface area contributed by atoms with Crippen molar-refractivity contribution in [2.45, 2.75) is 19.8 Å². The molecule has 5 heteroatoms. The van der Waals surface area contributed by atoms with Crippen LogP contribution in [0, 0.1) is 5.92 Å². The Hall–Kier alpha value is -0.840. The molecular formula is C11H17BrN4. The van der Waals surface area contributed by atoms with E-state index < -0.39 is 0 Å². The summed E-state index contributed by atoms with van der Waals surface area (Å²) in [6, 6.07) is 0. The zero-order valence-electron chi connectivity index (χ0n) is 9.70. The number of anilines is 2. The molecule has 1 fully saturated rings. The number of hydrogen-bond donors (Lipinski definition) is 1. The number of rotatable bonds is 5. The van der Waals surface area contributed by atoms with Gasteiger partial charge in [0.2, 0.25) is 5.95 Å². The maximum absolute atomic E-state index is 4.50. The normalized spacial score (nSPS) is 14.9. The van der Waals surface area contributed by atoms with Gasteiger partial charge >= 0.3 is 0 Å². The first kappa shape index (κ1) is 11.6. The van der Waals surface area contributed by atoms with Crippen LogP contribution < -0.4 is 10.2 Å². The Morgan fingerprint density at radius 3 is 2.94 bits per heavy atom. The molecule has 1 aliphatic carbocycles. The largest absolute Gasteiger partial charge is 0.358 e. The molecule has 1 aromatic heterocycles. The topological polar surface area (TPSA) is 41.1 Å². The molecule has 0 amide bonds. The molecule has 16 heavy (non-hydrogen) atoms. The highest BCUT2D eigenvalue weighted by Gasteiger charge is 2.24. The Morgan fingerprint density at radius 2 is 2.31 bits per heavy atom. The molecule has 1 saturated carbocycles. The van der Waals surface area contributed by atoms with Gasteiger partial charge in [-0.2, -0.15) is 4.98 Å². The van der Waals surface area contributed by atoms with Crippen LogP contribution in [0.25, 0.3) is 0 Å². The Kier molecular flexibility index (Phi) is 3.63. The van der Waals surface area contributed by atoms with Crippen LogP contribution in [-0.4, -0.2) is 30.1 Å². The van der Waals surface area contributed by atoms with E-state index in [2.05, 4.69) is 43.2 Å². The van der Waals surface area contributed by atoms with Gasteiger partial charge in [-0.15, -0.1) is 0 Å². The molecule has 0 unspecified atom stereocenters. The fourth-order valence-corrected chi connectivity index (χ4v) is 2.14. The highest BCUT2D eigenvalue weighted by atomic mass is 79.9. The third-order valence-corrected chi connectivity index (χ3v) is 3.21. The van der Waals surface area contributed by atoms with Gasteiger partial charge in [-0.3, -0.25) is 0 Å². The molecule has 1 heterocycles. The smallest absolute Gasteiger partial charge is 0.224 e. The Balaban J connectivity index is 2.12. The van der Waals surface area contributed by atoms with Crippen molar-refractivity contribution in [3.05, 3.63) is 10.7 Å². The number of halogens is 1.